The molecule has 3 aliphatic rings. The molecule has 0 aromatic heterocycles. The van der Waals surface area contributed by atoms with Crippen LogP contribution in [-0.2, 0) is 31.0 Å². The van der Waals surface area contributed by atoms with Crippen LogP contribution >= 0.6 is 0 Å². The molecule has 2 aromatic carbocycles. The largest absolute Gasteiger partial charge is 0.508 e. The van der Waals surface area contributed by atoms with Crippen LogP contribution in [0, 0.1) is 11.8 Å². The molecule has 3 heterocycles. The van der Waals surface area contributed by atoms with Gasteiger partial charge in [-0.05, 0) is 60.5 Å². The minimum Gasteiger partial charge on any atom is -0.508 e. The maximum atomic E-state index is 14.4. The van der Waals surface area contributed by atoms with Gasteiger partial charge < -0.3 is 19.5 Å². The molecule has 0 saturated carbocycles. The number of amides is 1. The number of benzene rings is 2. The van der Waals surface area contributed by atoms with Crippen molar-refractivity contribution in [3.63, 3.8) is 0 Å². The number of hydrogen-bond acceptors (Lipinski definition) is 6. The van der Waals surface area contributed by atoms with Crippen LogP contribution in [0.15, 0.2) is 60.4 Å². The van der Waals surface area contributed by atoms with E-state index >= 15 is 0 Å². The van der Waals surface area contributed by atoms with Crippen LogP contribution in [0.2, 0.25) is 0 Å². The van der Waals surface area contributed by atoms with Gasteiger partial charge in [-0.1, -0.05) is 43.7 Å². The number of rotatable bonds is 6. The molecule has 36 heavy (non-hydrogen) atoms. The van der Waals surface area contributed by atoms with Crippen molar-refractivity contribution in [2.24, 2.45) is 11.8 Å². The van der Waals surface area contributed by atoms with E-state index in [2.05, 4.69) is 17.9 Å². The van der Waals surface area contributed by atoms with Crippen molar-refractivity contribution in [1.29, 1.82) is 0 Å². The van der Waals surface area contributed by atoms with Crippen molar-refractivity contribution in [3.8, 4) is 5.75 Å². The van der Waals surface area contributed by atoms with E-state index in [9.17, 15) is 14.7 Å². The summed E-state index contributed by atoms with van der Waals surface area (Å²) in [5.74, 6) is 0.133. The highest BCUT2D eigenvalue weighted by Gasteiger charge is 2.62. The number of fused-ring (bicyclic) bond motifs is 4. The number of nitrogens with zero attached hydrogens (tertiary/aromatic N) is 2. The van der Waals surface area contributed by atoms with Gasteiger partial charge in [-0.2, -0.15) is 0 Å². The van der Waals surface area contributed by atoms with Crippen LogP contribution in [-0.4, -0.2) is 55.2 Å². The van der Waals surface area contributed by atoms with Gasteiger partial charge in [-0.3, -0.25) is 9.69 Å². The Kier molecular flexibility index (Phi) is 6.51. The second-order valence-corrected chi connectivity index (χ2v) is 10.1. The molecule has 2 saturated heterocycles. The Hall–Kier alpha value is -3.32. The van der Waals surface area contributed by atoms with Gasteiger partial charge in [0, 0.05) is 18.3 Å². The van der Waals surface area contributed by atoms with Gasteiger partial charge in [0.2, 0.25) is 5.91 Å². The summed E-state index contributed by atoms with van der Waals surface area (Å²) >= 11 is 0. The van der Waals surface area contributed by atoms with E-state index in [4.69, 9.17) is 9.47 Å². The zero-order valence-corrected chi connectivity index (χ0v) is 21.1. The molecule has 1 amide bonds. The number of piperidine rings is 1. The van der Waals surface area contributed by atoms with Crippen molar-refractivity contribution in [3.05, 3.63) is 71.5 Å². The molecule has 2 fully saturated rings. The van der Waals surface area contributed by atoms with Crippen molar-refractivity contribution in [1.82, 2.24) is 4.90 Å². The smallest absolute Gasteiger partial charge is 0.337 e. The van der Waals surface area contributed by atoms with Gasteiger partial charge >= 0.3 is 5.97 Å². The third-order valence-electron chi connectivity index (χ3n) is 8.46. The lowest BCUT2D eigenvalue weighted by atomic mass is 9.67. The molecule has 0 aliphatic carbocycles. The second-order valence-electron chi connectivity index (χ2n) is 10.1. The molecule has 7 heteroatoms. The summed E-state index contributed by atoms with van der Waals surface area (Å²) in [5.41, 5.74) is 2.75. The highest BCUT2D eigenvalue weighted by molar-refractivity contribution is 6.09. The van der Waals surface area contributed by atoms with Gasteiger partial charge in [0.15, 0.2) is 0 Å². The SMILES string of the molecule is CC[C@H]1CN2CC[C@]3(C(=O)N(Cc4cccc(O)c4)c4ccccc43)[C@@H]2C[C@@H]1/C(=C\OC)C(=O)OC. The average Bonchev–Trinajstić information content (AvgIpc) is 3.38. The fourth-order valence-corrected chi connectivity index (χ4v) is 6.82. The van der Waals surface area contributed by atoms with Crippen molar-refractivity contribution in [2.75, 3.05) is 32.2 Å². The van der Waals surface area contributed by atoms with Crippen LogP contribution < -0.4 is 4.90 Å². The molecule has 3 aliphatic heterocycles. The van der Waals surface area contributed by atoms with Crippen molar-refractivity contribution in [2.45, 2.75) is 44.2 Å². The summed E-state index contributed by atoms with van der Waals surface area (Å²) in [5, 5.41) is 9.98. The second kappa shape index (κ2) is 9.62. The maximum absolute atomic E-state index is 14.4. The lowest BCUT2D eigenvalue weighted by Gasteiger charge is -2.45. The van der Waals surface area contributed by atoms with E-state index in [1.165, 1.54) is 13.4 Å². The molecule has 0 radical (unpaired) electrons. The maximum Gasteiger partial charge on any atom is 0.337 e. The Morgan fingerprint density at radius 1 is 1.19 bits per heavy atom. The molecule has 1 N–H and O–H groups in total. The standard InChI is InChI=1S/C29H34N2O5/c1-4-20-17-30-13-12-29(26(30)15-22(20)23(18-35-2)27(33)36-3)24-10-5-6-11-25(24)31(28(29)34)16-19-8-7-9-21(32)14-19/h5-11,14,18,20,22,26,32H,4,12-13,15-17H2,1-3H3/b23-18+/t20-,22-,26-,29+/m0/s1. The summed E-state index contributed by atoms with van der Waals surface area (Å²) < 4.78 is 10.4. The molecule has 190 valence electrons. The fraction of sp³-hybridized carbons (Fsp3) is 0.448. The van der Waals surface area contributed by atoms with Crippen LogP contribution in [0.5, 0.6) is 5.75 Å². The summed E-state index contributed by atoms with van der Waals surface area (Å²) in [6.07, 6.45) is 3.87. The van der Waals surface area contributed by atoms with Crippen molar-refractivity contribution >= 4 is 17.6 Å². The monoisotopic (exact) mass is 490 g/mol. The number of methoxy groups -OCH3 is 2. The lowest BCUT2D eigenvalue weighted by molar-refractivity contribution is -0.137. The third-order valence-corrected chi connectivity index (χ3v) is 8.46. The molecule has 1 spiro atoms. The van der Waals surface area contributed by atoms with E-state index in [1.807, 2.05) is 29.2 Å². The number of hydrogen-bond donors (Lipinski definition) is 1. The van der Waals surface area contributed by atoms with Crippen molar-refractivity contribution < 1.29 is 24.2 Å². The number of aromatic hydroxyl groups is 1. The average molecular weight is 491 g/mol. The van der Waals surface area contributed by atoms with Gasteiger partial charge in [0.1, 0.15) is 5.75 Å². The van der Waals surface area contributed by atoms with Gasteiger partial charge in [-0.25, -0.2) is 4.79 Å². The topological polar surface area (TPSA) is 79.3 Å². The number of anilines is 1. The molecule has 4 atom stereocenters. The van der Waals surface area contributed by atoms with E-state index in [0.29, 0.717) is 18.5 Å². The summed E-state index contributed by atoms with van der Waals surface area (Å²) in [6, 6.07) is 15.1. The minimum atomic E-state index is -0.668. The zero-order chi connectivity index (χ0) is 25.4. The first kappa shape index (κ1) is 24.4. The van der Waals surface area contributed by atoms with Crippen LogP contribution in [0.4, 0.5) is 5.69 Å². The van der Waals surface area contributed by atoms with E-state index in [1.54, 1.807) is 25.3 Å². The highest BCUT2D eigenvalue weighted by Crippen LogP contribution is 2.55. The number of ether oxygens (including phenoxy) is 2. The fourth-order valence-electron chi connectivity index (χ4n) is 6.82. The Balaban J connectivity index is 1.54. The predicted octanol–water partition coefficient (Wildman–Crippen LogP) is 4.00. The van der Waals surface area contributed by atoms with E-state index in [-0.39, 0.29) is 35.5 Å². The van der Waals surface area contributed by atoms with Gasteiger partial charge in [0.25, 0.3) is 0 Å². The summed E-state index contributed by atoms with van der Waals surface area (Å²) in [6.45, 7) is 4.22. The molecule has 0 bridgehead atoms. The first-order valence-corrected chi connectivity index (χ1v) is 12.7. The van der Waals surface area contributed by atoms with Gasteiger partial charge in [0.05, 0.1) is 38.0 Å². The molecule has 7 nitrogen and oxygen atoms in total. The molecular weight excluding hydrogens is 456 g/mol. The minimum absolute atomic E-state index is 0.0296. The number of phenols is 1. The number of phenolic OH excluding ortho intramolecular Hbond substituents is 1. The Labute approximate surface area is 212 Å². The predicted molar refractivity (Wildman–Crippen MR) is 136 cm³/mol. The zero-order valence-electron chi connectivity index (χ0n) is 21.1. The lowest BCUT2D eigenvalue weighted by Crippen LogP contribution is -2.54. The first-order valence-electron chi connectivity index (χ1n) is 12.7. The highest BCUT2D eigenvalue weighted by atomic mass is 16.5. The Morgan fingerprint density at radius 3 is 2.72 bits per heavy atom. The molecule has 5 rings (SSSR count). The summed E-state index contributed by atoms with van der Waals surface area (Å²) in [4.78, 5) is 31.4. The number of carbonyl (C=O) groups excluding carboxylic acids is 2. The van der Waals surface area contributed by atoms with Crippen LogP contribution in [0.25, 0.3) is 0 Å². The van der Waals surface area contributed by atoms with E-state index in [0.717, 1.165) is 42.7 Å². The molecule has 0 unspecified atom stereocenters. The number of esters is 1. The molecular formula is C29H34N2O5. The van der Waals surface area contributed by atoms with Crippen LogP contribution in [0.3, 0.4) is 0 Å². The first-order chi connectivity index (χ1) is 17.4. The quantitative estimate of drug-likeness (QED) is 0.375. The number of carbonyl (C=O) groups is 2. The van der Waals surface area contributed by atoms with E-state index < -0.39 is 5.41 Å². The normalized spacial score (nSPS) is 27.8. The van der Waals surface area contributed by atoms with Crippen LogP contribution in [0.1, 0.15) is 37.3 Å². The third kappa shape index (κ3) is 3.77. The number of para-hydroxylation sites is 1. The Morgan fingerprint density at radius 2 is 2.00 bits per heavy atom. The van der Waals surface area contributed by atoms with Gasteiger partial charge in [-0.15, -0.1) is 0 Å². The summed E-state index contributed by atoms with van der Waals surface area (Å²) in [7, 11) is 2.95. The Bertz CT molecular complexity index is 1190. The molecule has 2 aromatic rings.